The van der Waals surface area contributed by atoms with Gasteiger partial charge >= 0.3 is 6.18 Å². The highest BCUT2D eigenvalue weighted by Gasteiger charge is 2.44. The molecule has 1 aliphatic heterocycles. The third-order valence-corrected chi connectivity index (χ3v) is 3.72. The van der Waals surface area contributed by atoms with Crippen LogP contribution in [0.1, 0.15) is 24.0 Å². The van der Waals surface area contributed by atoms with Crippen LogP contribution in [0.3, 0.4) is 0 Å². The van der Waals surface area contributed by atoms with E-state index in [1.807, 2.05) is 6.92 Å². The fraction of sp³-hybridized carbons (Fsp3) is 0.643. The minimum absolute atomic E-state index is 0.0723. The van der Waals surface area contributed by atoms with Crippen molar-refractivity contribution in [3.8, 4) is 0 Å². The molecule has 2 heterocycles. The van der Waals surface area contributed by atoms with Crippen molar-refractivity contribution in [3.63, 3.8) is 0 Å². The molecule has 0 saturated carbocycles. The second-order valence-electron chi connectivity index (χ2n) is 5.35. The molecule has 23 heavy (non-hydrogen) atoms. The number of hydrogen-bond acceptors (Lipinski definition) is 4. The van der Waals surface area contributed by atoms with Crippen LogP contribution in [-0.4, -0.2) is 52.8 Å². The topological polar surface area (TPSA) is 75.3 Å². The molecule has 6 nitrogen and oxygen atoms in total. The van der Waals surface area contributed by atoms with Crippen molar-refractivity contribution in [2.45, 2.75) is 39.0 Å². The fourth-order valence-electron chi connectivity index (χ4n) is 2.38. The summed E-state index contributed by atoms with van der Waals surface area (Å²) in [5.41, 5.74) is 0.171. The molecule has 0 unspecified atom stereocenters. The van der Waals surface area contributed by atoms with Gasteiger partial charge in [-0.15, -0.1) is 0 Å². The number of ether oxygens (including phenoxy) is 1. The summed E-state index contributed by atoms with van der Waals surface area (Å²) in [5.74, 6) is -0.0330. The van der Waals surface area contributed by atoms with E-state index < -0.39 is 30.3 Å². The lowest BCUT2D eigenvalue weighted by Crippen LogP contribution is -2.51. The monoisotopic (exact) mass is 333 g/mol. The number of nitrogens with one attached hydrogen (secondary N) is 1. The van der Waals surface area contributed by atoms with Gasteiger partial charge in [0.2, 0.25) is 5.91 Å². The number of rotatable bonds is 3. The number of carbonyl (C=O) groups excluding carboxylic acids is 1. The zero-order valence-corrected chi connectivity index (χ0v) is 12.9. The van der Waals surface area contributed by atoms with Crippen molar-refractivity contribution >= 4 is 5.91 Å². The van der Waals surface area contributed by atoms with Gasteiger partial charge < -0.3 is 14.6 Å². The Hall–Kier alpha value is -1.90. The summed E-state index contributed by atoms with van der Waals surface area (Å²) in [7, 11) is 0. The Bertz CT molecular complexity index is 642. The molecule has 2 rings (SSSR count). The first kappa shape index (κ1) is 17.5. The molecule has 1 aromatic heterocycles. The predicted octanol–water partition coefficient (Wildman–Crippen LogP) is 0.973. The number of carbonyl (C=O) groups is 1. The van der Waals surface area contributed by atoms with Crippen LogP contribution in [0.4, 0.5) is 13.2 Å². The molecule has 0 bridgehead atoms. The zero-order chi connectivity index (χ0) is 17.2. The average molecular weight is 333 g/mol. The van der Waals surface area contributed by atoms with Crippen molar-refractivity contribution < 1.29 is 22.7 Å². The second-order valence-corrected chi connectivity index (χ2v) is 5.35. The van der Waals surface area contributed by atoms with Crippen LogP contribution in [0.25, 0.3) is 0 Å². The van der Waals surface area contributed by atoms with E-state index in [2.05, 4.69) is 14.7 Å². The maximum atomic E-state index is 12.7. The summed E-state index contributed by atoms with van der Waals surface area (Å²) in [6.45, 7) is 2.77. The Morgan fingerprint density at radius 3 is 2.74 bits per heavy atom. The van der Waals surface area contributed by atoms with Gasteiger partial charge in [0.1, 0.15) is 5.82 Å². The first-order valence-electron chi connectivity index (χ1n) is 7.27. The van der Waals surface area contributed by atoms with Gasteiger partial charge in [-0.2, -0.15) is 13.2 Å². The number of H-pyrrole nitrogens is 1. The highest BCUT2D eigenvalue weighted by atomic mass is 19.4. The van der Waals surface area contributed by atoms with Crippen molar-refractivity contribution in [1.29, 1.82) is 0 Å². The highest BCUT2D eigenvalue weighted by molar-refractivity contribution is 5.79. The second kappa shape index (κ2) is 6.69. The Morgan fingerprint density at radius 1 is 1.48 bits per heavy atom. The lowest BCUT2D eigenvalue weighted by atomic mass is 10.1. The number of aromatic nitrogens is 2. The van der Waals surface area contributed by atoms with Gasteiger partial charge in [0, 0.05) is 24.2 Å². The van der Waals surface area contributed by atoms with Gasteiger partial charge in [0.05, 0.1) is 19.6 Å². The van der Waals surface area contributed by atoms with E-state index in [9.17, 15) is 22.8 Å². The van der Waals surface area contributed by atoms with Crippen molar-refractivity contribution in [2.24, 2.45) is 0 Å². The molecule has 0 aliphatic carbocycles. The van der Waals surface area contributed by atoms with Gasteiger partial charge in [0.15, 0.2) is 6.10 Å². The summed E-state index contributed by atoms with van der Waals surface area (Å²) in [4.78, 5) is 32.0. The first-order chi connectivity index (χ1) is 10.7. The lowest BCUT2D eigenvalue weighted by molar-refractivity contribution is -0.236. The molecule has 1 N–H and O–H groups in total. The lowest BCUT2D eigenvalue weighted by Gasteiger charge is -2.33. The average Bonchev–Trinajstić information content (AvgIpc) is 2.49. The summed E-state index contributed by atoms with van der Waals surface area (Å²) in [5, 5.41) is 0. The van der Waals surface area contributed by atoms with Crippen molar-refractivity contribution in [1.82, 2.24) is 14.9 Å². The maximum Gasteiger partial charge on any atom is 0.416 e. The molecule has 0 aromatic carbocycles. The Morgan fingerprint density at radius 2 is 2.17 bits per heavy atom. The normalized spacial score (nSPS) is 19.0. The number of aromatic amines is 1. The van der Waals surface area contributed by atoms with Crippen LogP contribution in [-0.2, 0) is 22.4 Å². The first-order valence-corrected chi connectivity index (χ1v) is 7.27. The van der Waals surface area contributed by atoms with Crippen LogP contribution >= 0.6 is 0 Å². The molecule has 0 spiro atoms. The fourth-order valence-corrected chi connectivity index (χ4v) is 2.38. The smallest absolute Gasteiger partial charge is 0.365 e. The Labute approximate surface area is 130 Å². The molecular formula is C14H18F3N3O3. The van der Waals surface area contributed by atoms with E-state index in [0.717, 1.165) is 4.90 Å². The number of hydrogen-bond donors (Lipinski definition) is 1. The Kier molecular flexibility index (Phi) is 5.08. The van der Waals surface area contributed by atoms with Crippen LogP contribution in [0.15, 0.2) is 4.79 Å². The summed E-state index contributed by atoms with van der Waals surface area (Å²) in [6.07, 6.45) is -6.24. The molecular weight excluding hydrogens is 315 g/mol. The van der Waals surface area contributed by atoms with Crippen LogP contribution in [0.5, 0.6) is 0 Å². The third kappa shape index (κ3) is 4.10. The molecule has 128 valence electrons. The summed E-state index contributed by atoms with van der Waals surface area (Å²) in [6, 6.07) is 0. The van der Waals surface area contributed by atoms with Gasteiger partial charge in [-0.05, 0) is 6.92 Å². The third-order valence-electron chi connectivity index (χ3n) is 3.72. The van der Waals surface area contributed by atoms with Gasteiger partial charge in [-0.25, -0.2) is 4.98 Å². The standard InChI is InChI=1S/C14H18F3N3O3/c1-3-11-18-8(2)9(13(22)19-11)6-12(21)20-4-5-23-10(7-20)14(15,16)17/h10H,3-7H2,1-2H3,(H,18,19,22)/t10-/m1/s1. The molecule has 1 atom stereocenters. The van der Waals surface area contributed by atoms with Crippen molar-refractivity contribution in [3.05, 3.63) is 27.4 Å². The van der Waals surface area contributed by atoms with Gasteiger partial charge in [0.25, 0.3) is 5.56 Å². The van der Waals surface area contributed by atoms with Crippen LogP contribution in [0, 0.1) is 6.92 Å². The quantitative estimate of drug-likeness (QED) is 0.894. The number of halogens is 3. The summed E-state index contributed by atoms with van der Waals surface area (Å²) >= 11 is 0. The number of alkyl halides is 3. The highest BCUT2D eigenvalue weighted by Crippen LogP contribution is 2.25. The van der Waals surface area contributed by atoms with Gasteiger partial charge in [-0.1, -0.05) is 6.92 Å². The van der Waals surface area contributed by atoms with E-state index in [-0.39, 0.29) is 25.1 Å². The zero-order valence-electron chi connectivity index (χ0n) is 12.9. The number of nitrogens with zero attached hydrogens (tertiary/aromatic N) is 2. The van der Waals surface area contributed by atoms with Crippen molar-refractivity contribution in [2.75, 3.05) is 19.7 Å². The van der Waals surface area contributed by atoms with E-state index in [1.54, 1.807) is 6.92 Å². The van der Waals surface area contributed by atoms with E-state index in [0.29, 0.717) is 17.9 Å². The SMILES string of the molecule is CCc1nc(C)c(CC(=O)N2CCO[C@@H](C(F)(F)F)C2)c(=O)[nH]1. The van der Waals surface area contributed by atoms with E-state index in [4.69, 9.17) is 0 Å². The van der Waals surface area contributed by atoms with Gasteiger partial charge in [-0.3, -0.25) is 9.59 Å². The molecule has 0 radical (unpaired) electrons. The van der Waals surface area contributed by atoms with Crippen LogP contribution in [0.2, 0.25) is 0 Å². The van der Waals surface area contributed by atoms with E-state index in [1.165, 1.54) is 0 Å². The molecule has 1 fully saturated rings. The molecule has 1 aromatic rings. The molecule has 1 aliphatic rings. The maximum absolute atomic E-state index is 12.7. The number of aryl methyl sites for hydroxylation is 2. The number of amides is 1. The number of morpholine rings is 1. The molecule has 1 amide bonds. The predicted molar refractivity (Wildman–Crippen MR) is 75.1 cm³/mol. The summed E-state index contributed by atoms with van der Waals surface area (Å²) < 4.78 is 42.7. The van der Waals surface area contributed by atoms with E-state index >= 15 is 0 Å². The molecule has 9 heteroatoms. The minimum Gasteiger partial charge on any atom is -0.365 e. The minimum atomic E-state index is -4.52. The molecule has 1 saturated heterocycles. The Balaban J connectivity index is 2.12. The largest absolute Gasteiger partial charge is 0.416 e. The van der Waals surface area contributed by atoms with Crippen LogP contribution < -0.4 is 5.56 Å².